The molecule has 1 N–H and O–H groups in total. The van der Waals surface area contributed by atoms with Crippen molar-refractivity contribution < 1.29 is 4.74 Å². The van der Waals surface area contributed by atoms with E-state index in [1.807, 2.05) is 6.07 Å². The highest BCUT2D eigenvalue weighted by molar-refractivity contribution is 9.10. The second-order valence-electron chi connectivity index (χ2n) is 2.85. The molecule has 0 radical (unpaired) electrons. The number of nitrogens with zero attached hydrogens (tertiary/aromatic N) is 2. The smallest absolute Gasteiger partial charge is 0.347 e. The number of benzene rings is 1. The van der Waals surface area contributed by atoms with Crippen molar-refractivity contribution in [2.24, 2.45) is 0 Å². The third kappa shape index (κ3) is 1.80. The molecule has 2 rings (SSSR count). The maximum absolute atomic E-state index is 11.4. The van der Waals surface area contributed by atoms with Gasteiger partial charge in [0, 0.05) is 4.47 Å². The van der Waals surface area contributed by atoms with Crippen LogP contribution in [0.15, 0.2) is 33.8 Å². The number of halogens is 1. The van der Waals surface area contributed by atoms with Gasteiger partial charge in [0.1, 0.15) is 12.1 Å². The lowest BCUT2D eigenvalue weighted by atomic mass is 10.3. The second-order valence-corrected chi connectivity index (χ2v) is 3.76. The zero-order valence-corrected chi connectivity index (χ0v) is 9.48. The average molecular weight is 270 g/mol. The molecule has 1 heterocycles. The lowest BCUT2D eigenvalue weighted by Crippen LogP contribution is -2.14. The van der Waals surface area contributed by atoms with E-state index in [1.165, 1.54) is 10.9 Å². The van der Waals surface area contributed by atoms with Gasteiger partial charge in [0.05, 0.1) is 12.8 Å². The van der Waals surface area contributed by atoms with Gasteiger partial charge >= 0.3 is 5.69 Å². The van der Waals surface area contributed by atoms with E-state index in [-0.39, 0.29) is 5.69 Å². The van der Waals surface area contributed by atoms with E-state index < -0.39 is 0 Å². The minimum absolute atomic E-state index is 0.296. The number of methoxy groups -OCH3 is 1. The van der Waals surface area contributed by atoms with Crippen LogP contribution in [0.4, 0.5) is 0 Å². The van der Waals surface area contributed by atoms with Crippen LogP contribution in [0.1, 0.15) is 0 Å². The lowest BCUT2D eigenvalue weighted by Gasteiger charge is -2.07. The van der Waals surface area contributed by atoms with E-state index >= 15 is 0 Å². The Bertz CT molecular complexity index is 532. The first-order chi connectivity index (χ1) is 7.22. The predicted molar refractivity (Wildman–Crippen MR) is 58.4 cm³/mol. The van der Waals surface area contributed by atoms with Crippen LogP contribution >= 0.6 is 15.9 Å². The Morgan fingerprint density at radius 2 is 2.33 bits per heavy atom. The van der Waals surface area contributed by atoms with Gasteiger partial charge in [0.25, 0.3) is 0 Å². The van der Waals surface area contributed by atoms with E-state index in [4.69, 9.17) is 4.74 Å². The van der Waals surface area contributed by atoms with Crippen molar-refractivity contribution in [1.29, 1.82) is 0 Å². The zero-order valence-electron chi connectivity index (χ0n) is 7.90. The third-order valence-corrected chi connectivity index (χ3v) is 2.45. The molecular formula is C9H8BrN3O2. The SMILES string of the molecule is COc1cc(Br)ccc1-n1cn[nH]c1=O. The quantitative estimate of drug-likeness (QED) is 0.895. The summed E-state index contributed by atoms with van der Waals surface area (Å²) in [5.41, 5.74) is 0.357. The topological polar surface area (TPSA) is 59.9 Å². The number of H-pyrrole nitrogens is 1. The number of rotatable bonds is 2. The Labute approximate surface area is 93.8 Å². The molecule has 0 aliphatic rings. The van der Waals surface area contributed by atoms with Crippen LogP contribution in [0, 0.1) is 0 Å². The van der Waals surface area contributed by atoms with E-state index in [9.17, 15) is 4.79 Å². The van der Waals surface area contributed by atoms with Crippen molar-refractivity contribution >= 4 is 15.9 Å². The van der Waals surface area contributed by atoms with Gasteiger partial charge in [-0.2, -0.15) is 5.10 Å². The van der Waals surface area contributed by atoms with E-state index in [0.29, 0.717) is 11.4 Å². The molecule has 0 aliphatic carbocycles. The first kappa shape index (κ1) is 9.97. The fraction of sp³-hybridized carbons (Fsp3) is 0.111. The van der Waals surface area contributed by atoms with Gasteiger partial charge < -0.3 is 4.74 Å². The van der Waals surface area contributed by atoms with Crippen LogP contribution in [-0.4, -0.2) is 21.9 Å². The molecule has 2 aromatic rings. The fourth-order valence-corrected chi connectivity index (χ4v) is 1.61. The molecule has 0 saturated heterocycles. The van der Waals surface area contributed by atoms with E-state index in [0.717, 1.165) is 4.47 Å². The van der Waals surface area contributed by atoms with Crippen molar-refractivity contribution in [2.45, 2.75) is 0 Å². The number of hydrogen-bond donors (Lipinski definition) is 1. The fourth-order valence-electron chi connectivity index (χ4n) is 1.27. The van der Waals surface area contributed by atoms with Crippen LogP contribution < -0.4 is 10.4 Å². The Morgan fingerprint density at radius 3 is 2.93 bits per heavy atom. The van der Waals surface area contributed by atoms with Gasteiger partial charge in [0.15, 0.2) is 0 Å². The number of hydrogen-bond acceptors (Lipinski definition) is 3. The molecule has 15 heavy (non-hydrogen) atoms. The summed E-state index contributed by atoms with van der Waals surface area (Å²) < 4.78 is 7.44. The number of ether oxygens (including phenoxy) is 1. The van der Waals surface area contributed by atoms with Gasteiger partial charge in [-0.15, -0.1) is 0 Å². The summed E-state index contributed by atoms with van der Waals surface area (Å²) in [6.45, 7) is 0. The summed E-state index contributed by atoms with van der Waals surface area (Å²) in [4.78, 5) is 11.4. The zero-order chi connectivity index (χ0) is 10.8. The molecule has 0 atom stereocenters. The molecule has 1 aromatic heterocycles. The van der Waals surface area contributed by atoms with Crippen molar-refractivity contribution in [1.82, 2.24) is 14.8 Å². The molecule has 0 bridgehead atoms. The Morgan fingerprint density at radius 1 is 1.53 bits per heavy atom. The summed E-state index contributed by atoms with van der Waals surface area (Å²) in [7, 11) is 1.55. The Hall–Kier alpha value is -1.56. The molecule has 0 unspecified atom stereocenters. The molecule has 1 aromatic carbocycles. The molecule has 0 fully saturated rings. The van der Waals surface area contributed by atoms with E-state index in [1.54, 1.807) is 19.2 Å². The van der Waals surface area contributed by atoms with Crippen molar-refractivity contribution in [3.8, 4) is 11.4 Å². The predicted octanol–water partition coefficient (Wildman–Crippen LogP) is 1.33. The molecular weight excluding hydrogens is 262 g/mol. The molecule has 0 aliphatic heterocycles. The molecule has 0 amide bonds. The molecule has 0 spiro atoms. The molecule has 5 nitrogen and oxygen atoms in total. The first-order valence-electron chi connectivity index (χ1n) is 4.18. The maximum atomic E-state index is 11.4. The molecule has 6 heteroatoms. The number of aromatic amines is 1. The van der Waals surface area contributed by atoms with Crippen molar-refractivity contribution in [3.05, 3.63) is 39.5 Å². The first-order valence-corrected chi connectivity index (χ1v) is 4.97. The van der Waals surface area contributed by atoms with Gasteiger partial charge in [-0.1, -0.05) is 15.9 Å². The van der Waals surface area contributed by atoms with Gasteiger partial charge in [0.2, 0.25) is 0 Å². The Balaban J connectivity index is 2.63. The molecule has 78 valence electrons. The standard InChI is InChI=1S/C9H8BrN3O2/c1-15-8-4-6(10)2-3-7(8)13-5-11-12-9(13)14/h2-5H,1H3,(H,12,14). The highest BCUT2D eigenvalue weighted by Crippen LogP contribution is 2.25. The summed E-state index contributed by atoms with van der Waals surface area (Å²) in [6, 6.07) is 5.39. The summed E-state index contributed by atoms with van der Waals surface area (Å²) >= 11 is 3.33. The minimum atomic E-state index is -0.296. The highest BCUT2D eigenvalue weighted by Gasteiger charge is 2.07. The van der Waals surface area contributed by atoms with Crippen LogP contribution in [-0.2, 0) is 0 Å². The second kappa shape index (κ2) is 3.90. The summed E-state index contributed by atoms with van der Waals surface area (Å²) in [5, 5.41) is 5.98. The summed E-state index contributed by atoms with van der Waals surface area (Å²) in [6.07, 6.45) is 1.41. The highest BCUT2D eigenvalue weighted by atomic mass is 79.9. The largest absolute Gasteiger partial charge is 0.495 e. The van der Waals surface area contributed by atoms with Crippen molar-refractivity contribution in [2.75, 3.05) is 7.11 Å². The van der Waals surface area contributed by atoms with Gasteiger partial charge in [-0.25, -0.2) is 14.5 Å². The van der Waals surface area contributed by atoms with Crippen molar-refractivity contribution in [3.63, 3.8) is 0 Å². The normalized spacial score (nSPS) is 10.3. The van der Waals surface area contributed by atoms with Crippen LogP contribution in [0.25, 0.3) is 5.69 Å². The summed E-state index contributed by atoms with van der Waals surface area (Å²) in [5.74, 6) is 0.605. The molecule has 0 saturated carbocycles. The average Bonchev–Trinajstić information content (AvgIpc) is 2.64. The van der Waals surface area contributed by atoms with Gasteiger partial charge in [-0.05, 0) is 18.2 Å². The third-order valence-electron chi connectivity index (χ3n) is 1.95. The minimum Gasteiger partial charge on any atom is -0.495 e. The van der Waals surface area contributed by atoms with Crippen LogP contribution in [0.5, 0.6) is 5.75 Å². The van der Waals surface area contributed by atoms with Crippen LogP contribution in [0.3, 0.4) is 0 Å². The monoisotopic (exact) mass is 269 g/mol. The lowest BCUT2D eigenvalue weighted by molar-refractivity contribution is 0.412. The van der Waals surface area contributed by atoms with Gasteiger partial charge in [-0.3, -0.25) is 0 Å². The Kier molecular flexibility index (Phi) is 2.59. The number of aromatic nitrogens is 3. The maximum Gasteiger partial charge on any atom is 0.347 e. The number of nitrogens with one attached hydrogen (secondary N) is 1. The van der Waals surface area contributed by atoms with E-state index in [2.05, 4.69) is 26.1 Å². The van der Waals surface area contributed by atoms with Crippen LogP contribution in [0.2, 0.25) is 0 Å².